The van der Waals surface area contributed by atoms with Crippen LogP contribution in [0, 0.1) is 12.7 Å². The number of nitrogens with zero attached hydrogens (tertiary/aromatic N) is 3. The van der Waals surface area contributed by atoms with Crippen LogP contribution >= 0.6 is 0 Å². The summed E-state index contributed by atoms with van der Waals surface area (Å²) in [5.41, 5.74) is 7.87. The number of carbonyl (C=O) groups is 6. The summed E-state index contributed by atoms with van der Waals surface area (Å²) in [5.74, 6) is -3.67. The summed E-state index contributed by atoms with van der Waals surface area (Å²) in [5, 5.41) is 25.5. The highest BCUT2D eigenvalue weighted by atomic mass is 19.1. The number of ether oxygens (including phenoxy) is 1. The third kappa shape index (κ3) is 9.22. The highest BCUT2D eigenvalue weighted by Crippen LogP contribution is 2.46. The third-order valence-electron chi connectivity index (χ3n) is 12.2. The van der Waals surface area contributed by atoms with E-state index in [0.717, 1.165) is 22.1 Å². The van der Waals surface area contributed by atoms with E-state index in [1.165, 1.54) is 10.6 Å². The molecule has 64 heavy (non-hydrogen) atoms. The Morgan fingerprint density at radius 1 is 1.00 bits per heavy atom. The molecule has 0 saturated carbocycles. The first kappa shape index (κ1) is 45.5. The fraction of sp³-hybridized carbons (Fsp3) is 0.422. The van der Waals surface area contributed by atoms with Crippen molar-refractivity contribution in [3.8, 4) is 11.4 Å². The number of aliphatic hydroxyl groups is 1. The number of nitrogens with two attached hydrogens (primary N) is 1. The van der Waals surface area contributed by atoms with Crippen LogP contribution in [0.5, 0.6) is 0 Å². The van der Waals surface area contributed by atoms with Gasteiger partial charge in [0.1, 0.15) is 18.5 Å². The average molecular weight is 882 g/mol. The van der Waals surface area contributed by atoms with E-state index in [0.29, 0.717) is 54.0 Å². The lowest BCUT2D eigenvalue weighted by molar-refractivity contribution is -0.172. The van der Waals surface area contributed by atoms with Gasteiger partial charge in [0.25, 0.3) is 5.56 Å². The van der Waals surface area contributed by atoms with Crippen LogP contribution < -0.4 is 37.9 Å². The van der Waals surface area contributed by atoms with Gasteiger partial charge >= 0.3 is 5.97 Å². The number of fused-ring (bicyclic) bond motifs is 5. The number of rotatable bonds is 17. The number of likely N-dealkylation sites (N-methyl/N-ethyl adjacent to an activating group) is 1. The molecule has 0 saturated heterocycles. The lowest BCUT2D eigenvalue weighted by Gasteiger charge is -2.31. The van der Waals surface area contributed by atoms with Gasteiger partial charge in [-0.3, -0.25) is 28.8 Å². The number of halogens is 1. The van der Waals surface area contributed by atoms with E-state index in [1.807, 2.05) is 11.0 Å². The van der Waals surface area contributed by atoms with E-state index in [9.17, 15) is 38.7 Å². The highest BCUT2D eigenvalue weighted by Gasteiger charge is 2.46. The maximum absolute atomic E-state index is 15.3. The van der Waals surface area contributed by atoms with Gasteiger partial charge in [-0.05, 0) is 61.6 Å². The number of aromatic nitrogens is 2. The Balaban J connectivity index is 0.960. The zero-order valence-corrected chi connectivity index (χ0v) is 35.9. The second-order valence-electron chi connectivity index (χ2n) is 16.4. The van der Waals surface area contributed by atoms with Crippen LogP contribution in [0.3, 0.4) is 0 Å². The summed E-state index contributed by atoms with van der Waals surface area (Å²) in [4.78, 5) is 96.7. The maximum atomic E-state index is 15.3. The number of aryl methyl sites for hydroxylation is 1. The van der Waals surface area contributed by atoms with Gasteiger partial charge in [-0.25, -0.2) is 14.2 Å². The molecule has 0 bridgehead atoms. The first-order chi connectivity index (χ1) is 30.6. The Labute approximate surface area is 367 Å². The number of benzene rings is 2. The Morgan fingerprint density at radius 3 is 2.48 bits per heavy atom. The van der Waals surface area contributed by atoms with Crippen molar-refractivity contribution in [1.29, 1.82) is 0 Å². The molecule has 2 aromatic carbocycles. The van der Waals surface area contributed by atoms with Crippen LogP contribution in [-0.4, -0.2) is 107 Å². The molecule has 8 N–H and O–H groups in total. The first-order valence-electron chi connectivity index (χ1n) is 21.3. The minimum atomic E-state index is -2.01. The highest BCUT2D eigenvalue weighted by molar-refractivity contribution is 5.94. The van der Waals surface area contributed by atoms with Crippen LogP contribution in [0.2, 0.25) is 0 Å². The van der Waals surface area contributed by atoms with Crippen LogP contribution in [0.25, 0.3) is 22.3 Å². The summed E-state index contributed by atoms with van der Waals surface area (Å²) >= 11 is 0. The zero-order chi connectivity index (χ0) is 45.9. The quantitative estimate of drug-likeness (QED) is 0.0609. The molecule has 4 aromatic rings. The molecule has 19 heteroatoms. The van der Waals surface area contributed by atoms with Gasteiger partial charge in [-0.2, -0.15) is 0 Å². The van der Waals surface area contributed by atoms with E-state index in [4.69, 9.17) is 15.5 Å². The van der Waals surface area contributed by atoms with Crippen LogP contribution in [0.4, 0.5) is 4.39 Å². The molecule has 2 aromatic heterocycles. The van der Waals surface area contributed by atoms with Crippen LogP contribution in [-0.2, 0) is 65.1 Å². The van der Waals surface area contributed by atoms with Crippen molar-refractivity contribution < 1.29 is 43.0 Å². The third-order valence-corrected chi connectivity index (χ3v) is 12.2. The van der Waals surface area contributed by atoms with Crippen molar-refractivity contribution in [1.82, 2.24) is 41.0 Å². The van der Waals surface area contributed by atoms with E-state index >= 15 is 4.39 Å². The molecule has 18 nitrogen and oxygen atoms in total. The Kier molecular flexibility index (Phi) is 13.5. The van der Waals surface area contributed by atoms with Crippen LogP contribution in [0.15, 0.2) is 47.3 Å². The predicted molar refractivity (Wildman–Crippen MR) is 231 cm³/mol. The summed E-state index contributed by atoms with van der Waals surface area (Å²) in [6, 6.07) is 10.5. The van der Waals surface area contributed by atoms with E-state index in [1.54, 1.807) is 51.2 Å². The van der Waals surface area contributed by atoms with Crippen molar-refractivity contribution in [3.63, 3.8) is 0 Å². The van der Waals surface area contributed by atoms with E-state index in [-0.39, 0.29) is 75.6 Å². The first-order valence-corrected chi connectivity index (χ1v) is 21.3. The molecule has 7 rings (SSSR count). The Morgan fingerprint density at radius 2 is 1.75 bits per heavy atom. The Bertz CT molecular complexity index is 2600. The molecule has 338 valence electrons. The average Bonchev–Trinajstić information content (AvgIpc) is 3.66. The number of pyridine rings is 2. The number of amides is 5. The molecular weight excluding hydrogens is 830 g/mol. The molecule has 1 aliphatic carbocycles. The molecular formula is C45H52FN9O9. The summed E-state index contributed by atoms with van der Waals surface area (Å²) < 4.78 is 22.1. The number of carbonyl (C=O) groups excluding carboxylic acids is 6. The number of cyclic esters (lactones) is 1. The molecule has 5 amide bonds. The van der Waals surface area contributed by atoms with Gasteiger partial charge < -0.3 is 51.6 Å². The smallest absolute Gasteiger partial charge is 0.343 e. The van der Waals surface area contributed by atoms with Crippen molar-refractivity contribution >= 4 is 46.4 Å². The second-order valence-corrected chi connectivity index (χ2v) is 16.4. The number of esters is 1. The van der Waals surface area contributed by atoms with E-state index < -0.39 is 58.7 Å². The number of hydrogen-bond acceptors (Lipinski definition) is 12. The summed E-state index contributed by atoms with van der Waals surface area (Å²) in [7, 11) is 1.80. The number of nitrogens with one attached hydrogen (secondary N) is 5. The molecule has 3 atom stereocenters. The SMILES string of the molecule is CC[C@@]1(O)C(=O)OCc2c1cc1n(c2=O)Cc2c-1nc1cc(F)c(C)c3c1c2[C@@H](NC(=O)CCN(C)CCNC(=O)CNC(=O)[C@H](Cc1ccccc1)NC(=O)CNC(=O)CN)CC3. The standard InChI is InChI=1S/C45H52FN9O9/c1-4-45(63)29-17-34-41-27(22-55(34)43(61)28(29)23-64-44(45)62)40-31(11-10-26-24(2)30(46)18-32(53-41)39(26)40)51-35(56)12-14-54(3)15-13-48-37(58)20-50-42(60)33(16-25-8-6-5-7-9-25)52-38(59)21-49-36(57)19-47/h5-9,17-18,31,33,63H,4,10-16,19-23,47H2,1-3H3,(H,48,58)(H,49,57)(H,50,60)(H,51,56)(H,52,59)/t31-,33-,45-/m0/s1. The lowest BCUT2D eigenvalue weighted by Crippen LogP contribution is -2.52. The molecule has 0 unspecified atom stereocenters. The zero-order valence-electron chi connectivity index (χ0n) is 35.9. The van der Waals surface area contributed by atoms with Gasteiger partial charge in [0, 0.05) is 55.1 Å². The molecule has 2 aliphatic heterocycles. The lowest BCUT2D eigenvalue weighted by atomic mass is 9.81. The van der Waals surface area contributed by atoms with Crippen molar-refractivity contribution in [2.75, 3.05) is 46.3 Å². The van der Waals surface area contributed by atoms with Gasteiger partial charge in [0.05, 0.1) is 54.7 Å². The van der Waals surface area contributed by atoms with Crippen molar-refractivity contribution in [2.45, 2.75) is 76.8 Å². The van der Waals surface area contributed by atoms with Gasteiger partial charge in [-0.15, -0.1) is 0 Å². The van der Waals surface area contributed by atoms with Crippen molar-refractivity contribution in [2.24, 2.45) is 5.73 Å². The van der Waals surface area contributed by atoms with Crippen LogP contribution in [0.1, 0.15) is 71.2 Å². The second kappa shape index (κ2) is 19.0. The topological polar surface area (TPSA) is 256 Å². The monoisotopic (exact) mass is 881 g/mol. The fourth-order valence-corrected chi connectivity index (χ4v) is 8.66. The normalized spacial score (nSPS) is 17.4. The molecule has 0 radical (unpaired) electrons. The maximum Gasteiger partial charge on any atom is 0.343 e. The minimum Gasteiger partial charge on any atom is -0.458 e. The Hall–Kier alpha value is -6.57. The molecule has 4 heterocycles. The van der Waals surface area contributed by atoms with Gasteiger partial charge in [0.15, 0.2) is 5.60 Å². The predicted octanol–water partition coefficient (Wildman–Crippen LogP) is -0.0127. The fourth-order valence-electron chi connectivity index (χ4n) is 8.66. The van der Waals surface area contributed by atoms with Crippen molar-refractivity contribution in [3.05, 3.63) is 97.6 Å². The summed E-state index contributed by atoms with van der Waals surface area (Å²) in [6.45, 7) is 3.11. The largest absolute Gasteiger partial charge is 0.458 e. The van der Waals surface area contributed by atoms with Gasteiger partial charge in [0.2, 0.25) is 29.5 Å². The van der Waals surface area contributed by atoms with E-state index in [2.05, 4.69) is 26.6 Å². The minimum absolute atomic E-state index is 0.0161. The number of hydrogen-bond donors (Lipinski definition) is 7. The summed E-state index contributed by atoms with van der Waals surface area (Å²) in [6.07, 6.45) is 1.20. The van der Waals surface area contributed by atoms with Gasteiger partial charge in [-0.1, -0.05) is 37.3 Å². The molecule has 0 fully saturated rings. The molecule has 0 spiro atoms. The molecule has 3 aliphatic rings.